The van der Waals surface area contributed by atoms with Crippen molar-refractivity contribution < 1.29 is 9.90 Å². The quantitative estimate of drug-likeness (QED) is 0.752. The lowest BCUT2D eigenvalue weighted by Gasteiger charge is -2.06. The highest BCUT2D eigenvalue weighted by Gasteiger charge is 2.11. The zero-order valence-electron chi connectivity index (χ0n) is 12.5. The number of hydrogen-bond donors (Lipinski definition) is 2. The second-order valence-electron chi connectivity index (χ2n) is 5.28. The van der Waals surface area contributed by atoms with Crippen LogP contribution in [0.1, 0.15) is 15.9 Å². The molecule has 0 unspecified atom stereocenters. The first kappa shape index (κ1) is 15.5. The highest BCUT2D eigenvalue weighted by Crippen LogP contribution is 2.31. The molecular formula is C19H17NO2S. The van der Waals surface area contributed by atoms with Gasteiger partial charge in [-0.15, -0.1) is 11.3 Å². The number of rotatable bonds is 5. The molecule has 1 heterocycles. The fourth-order valence-corrected chi connectivity index (χ4v) is 3.44. The lowest BCUT2D eigenvalue weighted by molar-refractivity contribution is 0.100. The third-order valence-corrected chi connectivity index (χ3v) is 4.73. The molecule has 0 spiro atoms. The minimum Gasteiger partial charge on any atom is -0.396 e. The SMILES string of the molecule is NC(=O)c1ccsc1-c1ccc(-c2ccc(CCO)cc2)cc1. The summed E-state index contributed by atoms with van der Waals surface area (Å²) < 4.78 is 0. The highest BCUT2D eigenvalue weighted by atomic mass is 32.1. The smallest absolute Gasteiger partial charge is 0.250 e. The van der Waals surface area contributed by atoms with Gasteiger partial charge >= 0.3 is 0 Å². The zero-order valence-corrected chi connectivity index (χ0v) is 13.3. The first-order valence-electron chi connectivity index (χ1n) is 7.37. The van der Waals surface area contributed by atoms with Crippen LogP contribution in [0.3, 0.4) is 0 Å². The van der Waals surface area contributed by atoms with E-state index in [9.17, 15) is 4.79 Å². The van der Waals surface area contributed by atoms with Gasteiger partial charge in [0.1, 0.15) is 0 Å². The van der Waals surface area contributed by atoms with Crippen molar-refractivity contribution in [3.8, 4) is 21.6 Å². The Balaban J connectivity index is 1.87. The minimum absolute atomic E-state index is 0.164. The molecule has 0 aliphatic rings. The summed E-state index contributed by atoms with van der Waals surface area (Å²) in [4.78, 5) is 12.3. The number of amides is 1. The van der Waals surface area contributed by atoms with Crippen molar-refractivity contribution in [1.82, 2.24) is 0 Å². The second-order valence-corrected chi connectivity index (χ2v) is 6.19. The summed E-state index contributed by atoms with van der Waals surface area (Å²) in [5.41, 5.74) is 10.3. The van der Waals surface area contributed by atoms with Gasteiger partial charge in [-0.3, -0.25) is 4.79 Å². The van der Waals surface area contributed by atoms with Crippen LogP contribution in [-0.4, -0.2) is 17.6 Å². The monoisotopic (exact) mass is 323 g/mol. The molecule has 3 aromatic rings. The van der Waals surface area contributed by atoms with Gasteiger partial charge in [0.25, 0.3) is 0 Å². The third-order valence-electron chi connectivity index (χ3n) is 3.77. The lowest BCUT2D eigenvalue weighted by Crippen LogP contribution is -2.10. The highest BCUT2D eigenvalue weighted by molar-refractivity contribution is 7.14. The summed E-state index contributed by atoms with van der Waals surface area (Å²) in [6.45, 7) is 0.164. The van der Waals surface area contributed by atoms with E-state index in [4.69, 9.17) is 10.8 Å². The van der Waals surface area contributed by atoms with Crippen LogP contribution in [0.25, 0.3) is 21.6 Å². The van der Waals surface area contributed by atoms with Crippen molar-refractivity contribution in [1.29, 1.82) is 0 Å². The standard InChI is InChI=1S/C19H17NO2S/c20-19(22)17-10-12-23-18(17)16-7-5-15(6-8-16)14-3-1-13(2-4-14)9-11-21/h1-8,10,12,21H,9,11H2,(H2,20,22). The maximum absolute atomic E-state index is 11.4. The number of thiophene rings is 1. The molecule has 0 radical (unpaired) electrons. The van der Waals surface area contributed by atoms with E-state index in [0.29, 0.717) is 12.0 Å². The van der Waals surface area contributed by atoms with E-state index in [0.717, 1.165) is 27.1 Å². The average molecular weight is 323 g/mol. The van der Waals surface area contributed by atoms with Crippen LogP contribution in [0.2, 0.25) is 0 Å². The number of nitrogens with two attached hydrogens (primary N) is 1. The fraction of sp³-hybridized carbons (Fsp3) is 0.105. The molecule has 1 amide bonds. The average Bonchev–Trinajstić information content (AvgIpc) is 3.06. The molecule has 23 heavy (non-hydrogen) atoms. The van der Waals surface area contributed by atoms with E-state index in [1.807, 2.05) is 41.8 Å². The molecule has 0 aliphatic carbocycles. The maximum atomic E-state index is 11.4. The normalized spacial score (nSPS) is 10.7. The Morgan fingerprint density at radius 3 is 2.04 bits per heavy atom. The molecule has 1 aromatic heterocycles. The van der Waals surface area contributed by atoms with Gasteiger partial charge in [0.2, 0.25) is 5.91 Å². The molecule has 4 heteroatoms. The van der Waals surface area contributed by atoms with Crippen molar-refractivity contribution in [2.24, 2.45) is 5.73 Å². The van der Waals surface area contributed by atoms with E-state index in [1.54, 1.807) is 6.07 Å². The van der Waals surface area contributed by atoms with Crippen molar-refractivity contribution >= 4 is 17.2 Å². The summed E-state index contributed by atoms with van der Waals surface area (Å²) >= 11 is 1.52. The molecule has 3 rings (SSSR count). The van der Waals surface area contributed by atoms with Gasteiger partial charge in [-0.2, -0.15) is 0 Å². The van der Waals surface area contributed by atoms with Gasteiger partial charge in [-0.1, -0.05) is 48.5 Å². The van der Waals surface area contributed by atoms with Crippen LogP contribution in [0, 0.1) is 0 Å². The molecule has 0 saturated carbocycles. The molecule has 0 saturated heterocycles. The number of aliphatic hydroxyl groups excluding tert-OH is 1. The Labute approximate surface area is 139 Å². The molecular weight excluding hydrogens is 306 g/mol. The van der Waals surface area contributed by atoms with Crippen molar-refractivity contribution in [2.75, 3.05) is 6.61 Å². The third kappa shape index (κ3) is 3.33. The number of carbonyl (C=O) groups excluding carboxylic acids is 1. The first-order chi connectivity index (χ1) is 11.2. The van der Waals surface area contributed by atoms with E-state index in [-0.39, 0.29) is 6.61 Å². The van der Waals surface area contributed by atoms with E-state index < -0.39 is 5.91 Å². The summed E-state index contributed by atoms with van der Waals surface area (Å²) in [6.07, 6.45) is 0.674. The molecule has 2 aromatic carbocycles. The summed E-state index contributed by atoms with van der Waals surface area (Å²) in [5.74, 6) is -0.398. The largest absolute Gasteiger partial charge is 0.396 e. The Hall–Kier alpha value is -2.43. The van der Waals surface area contributed by atoms with Gasteiger partial charge in [-0.25, -0.2) is 0 Å². The zero-order chi connectivity index (χ0) is 16.2. The van der Waals surface area contributed by atoms with Gasteiger partial charge in [0.15, 0.2) is 0 Å². The Kier molecular flexibility index (Phi) is 4.55. The Morgan fingerprint density at radius 2 is 1.48 bits per heavy atom. The number of carbonyl (C=O) groups is 1. The number of hydrogen-bond acceptors (Lipinski definition) is 3. The lowest BCUT2D eigenvalue weighted by atomic mass is 10.0. The predicted molar refractivity (Wildman–Crippen MR) is 94.5 cm³/mol. The van der Waals surface area contributed by atoms with Crippen molar-refractivity contribution in [3.63, 3.8) is 0 Å². The fourth-order valence-electron chi connectivity index (χ4n) is 2.53. The number of primary amides is 1. The van der Waals surface area contributed by atoms with Crippen molar-refractivity contribution in [3.05, 3.63) is 71.1 Å². The van der Waals surface area contributed by atoms with Crippen LogP contribution >= 0.6 is 11.3 Å². The van der Waals surface area contributed by atoms with Crippen LogP contribution in [-0.2, 0) is 6.42 Å². The van der Waals surface area contributed by atoms with Crippen LogP contribution in [0.15, 0.2) is 60.0 Å². The topological polar surface area (TPSA) is 63.3 Å². The van der Waals surface area contributed by atoms with E-state index >= 15 is 0 Å². The van der Waals surface area contributed by atoms with Gasteiger partial charge in [-0.05, 0) is 40.1 Å². The van der Waals surface area contributed by atoms with Crippen molar-refractivity contribution in [2.45, 2.75) is 6.42 Å². The maximum Gasteiger partial charge on any atom is 0.250 e. The molecule has 116 valence electrons. The first-order valence-corrected chi connectivity index (χ1v) is 8.25. The number of aliphatic hydroxyl groups is 1. The summed E-state index contributed by atoms with van der Waals surface area (Å²) in [6, 6.07) is 18.0. The minimum atomic E-state index is -0.398. The molecule has 3 N–H and O–H groups in total. The van der Waals surface area contributed by atoms with Crippen LogP contribution in [0.5, 0.6) is 0 Å². The molecule has 0 aliphatic heterocycles. The molecule has 0 fully saturated rings. The van der Waals surface area contributed by atoms with Gasteiger partial charge in [0, 0.05) is 11.5 Å². The summed E-state index contributed by atoms with van der Waals surface area (Å²) in [5, 5.41) is 10.8. The van der Waals surface area contributed by atoms with E-state index in [1.165, 1.54) is 11.3 Å². The van der Waals surface area contributed by atoms with Gasteiger partial charge in [0.05, 0.1) is 5.56 Å². The second kappa shape index (κ2) is 6.77. The number of benzene rings is 2. The van der Waals surface area contributed by atoms with Crippen LogP contribution in [0.4, 0.5) is 0 Å². The Bertz CT molecular complexity index is 804. The van der Waals surface area contributed by atoms with Crippen LogP contribution < -0.4 is 5.73 Å². The molecule has 0 bridgehead atoms. The Morgan fingerprint density at radius 1 is 0.913 bits per heavy atom. The van der Waals surface area contributed by atoms with Gasteiger partial charge < -0.3 is 10.8 Å². The molecule has 0 atom stereocenters. The van der Waals surface area contributed by atoms with E-state index in [2.05, 4.69) is 12.1 Å². The molecule has 3 nitrogen and oxygen atoms in total. The summed E-state index contributed by atoms with van der Waals surface area (Å²) in [7, 11) is 0. The predicted octanol–water partition coefficient (Wildman–Crippen LogP) is 3.72.